The molecule has 1 aromatic heterocycles. The summed E-state index contributed by atoms with van der Waals surface area (Å²) in [6, 6.07) is 7.75. The van der Waals surface area contributed by atoms with Gasteiger partial charge in [-0.2, -0.15) is 0 Å². The van der Waals surface area contributed by atoms with Gasteiger partial charge in [0.1, 0.15) is 23.2 Å². The van der Waals surface area contributed by atoms with Gasteiger partial charge in [0.15, 0.2) is 6.10 Å². The molecule has 0 aliphatic rings. The molecule has 0 bridgehead atoms. The number of halogens is 2. The molecule has 0 saturated heterocycles. The maximum Gasteiger partial charge on any atom is 0.344 e. The second-order valence-corrected chi connectivity index (χ2v) is 4.84. The van der Waals surface area contributed by atoms with Crippen molar-refractivity contribution < 1.29 is 23.8 Å². The average molecular weight is 326 g/mol. The van der Waals surface area contributed by atoms with Gasteiger partial charge >= 0.3 is 5.97 Å². The molecule has 1 heterocycles. The summed E-state index contributed by atoms with van der Waals surface area (Å²) in [6.45, 7) is 0.781. The fourth-order valence-electron chi connectivity index (χ4n) is 1.57. The summed E-state index contributed by atoms with van der Waals surface area (Å²) in [5.74, 6) is -0.0532. The minimum Gasteiger partial charge on any atom is -0.479 e. The number of ether oxygens (including phenoxy) is 2. The smallest absolute Gasteiger partial charge is 0.344 e. The fourth-order valence-corrected chi connectivity index (χ4v) is 1.79. The van der Waals surface area contributed by atoms with E-state index in [1.165, 1.54) is 19.2 Å². The minimum atomic E-state index is -1.05. The SMILES string of the molecule is CC(Oc1ccc(Oc2ncc(CF)cc2Cl)cc1)C(=O)O. The first-order valence-electron chi connectivity index (χ1n) is 6.37. The number of rotatable bonds is 6. The molecule has 1 unspecified atom stereocenters. The van der Waals surface area contributed by atoms with Gasteiger partial charge in [-0.25, -0.2) is 14.2 Å². The Morgan fingerprint density at radius 2 is 2.00 bits per heavy atom. The molecule has 7 heteroatoms. The summed E-state index contributed by atoms with van der Waals surface area (Å²) in [5, 5.41) is 8.97. The van der Waals surface area contributed by atoms with Crippen molar-refractivity contribution in [3.8, 4) is 17.4 Å². The van der Waals surface area contributed by atoms with E-state index >= 15 is 0 Å². The predicted octanol–water partition coefficient (Wildman–Crippen LogP) is 3.85. The molecule has 0 aliphatic carbocycles. The molecule has 5 nitrogen and oxygen atoms in total. The Balaban J connectivity index is 2.06. The first-order valence-corrected chi connectivity index (χ1v) is 6.75. The molecule has 0 spiro atoms. The molecule has 2 aromatic rings. The highest BCUT2D eigenvalue weighted by atomic mass is 35.5. The zero-order valence-corrected chi connectivity index (χ0v) is 12.4. The number of carboxylic acid groups (broad SMARTS) is 1. The summed E-state index contributed by atoms with van der Waals surface area (Å²) in [7, 11) is 0. The van der Waals surface area contributed by atoms with E-state index < -0.39 is 18.7 Å². The van der Waals surface area contributed by atoms with Gasteiger partial charge in [0.25, 0.3) is 0 Å². The van der Waals surface area contributed by atoms with Crippen LogP contribution < -0.4 is 9.47 Å². The van der Waals surface area contributed by atoms with Crippen LogP contribution in [0.4, 0.5) is 4.39 Å². The van der Waals surface area contributed by atoms with Crippen molar-refractivity contribution in [1.29, 1.82) is 0 Å². The number of carboxylic acids is 1. The highest BCUT2D eigenvalue weighted by molar-refractivity contribution is 6.31. The van der Waals surface area contributed by atoms with Gasteiger partial charge in [0.2, 0.25) is 5.88 Å². The molecule has 1 aromatic carbocycles. The van der Waals surface area contributed by atoms with Crippen LogP contribution in [0.15, 0.2) is 36.5 Å². The third-order valence-electron chi connectivity index (χ3n) is 2.72. The Kier molecular flexibility index (Phi) is 5.16. The highest BCUT2D eigenvalue weighted by Gasteiger charge is 2.12. The third-order valence-corrected chi connectivity index (χ3v) is 2.99. The van der Waals surface area contributed by atoms with E-state index in [4.69, 9.17) is 26.2 Å². The zero-order chi connectivity index (χ0) is 16.1. The number of hydrogen-bond donors (Lipinski definition) is 1. The molecule has 0 saturated carbocycles. The van der Waals surface area contributed by atoms with Gasteiger partial charge in [-0.05, 0) is 37.3 Å². The molecule has 2 rings (SSSR count). The lowest BCUT2D eigenvalue weighted by Gasteiger charge is -2.11. The van der Waals surface area contributed by atoms with Crippen LogP contribution in [0.3, 0.4) is 0 Å². The van der Waals surface area contributed by atoms with Gasteiger partial charge in [0, 0.05) is 11.8 Å². The number of nitrogens with zero attached hydrogens (tertiary/aromatic N) is 1. The van der Waals surface area contributed by atoms with Crippen LogP contribution >= 0.6 is 11.6 Å². The molecule has 116 valence electrons. The van der Waals surface area contributed by atoms with Crippen LogP contribution in [0.25, 0.3) is 0 Å². The van der Waals surface area contributed by atoms with E-state index in [0.29, 0.717) is 17.1 Å². The lowest BCUT2D eigenvalue weighted by Crippen LogP contribution is -2.22. The summed E-state index contributed by atoms with van der Waals surface area (Å²) < 4.78 is 23.1. The topological polar surface area (TPSA) is 68.7 Å². The van der Waals surface area contributed by atoms with Gasteiger partial charge in [-0.1, -0.05) is 11.6 Å². The van der Waals surface area contributed by atoms with Crippen LogP contribution in [0.2, 0.25) is 5.02 Å². The number of aromatic nitrogens is 1. The normalized spacial score (nSPS) is 11.8. The molecule has 0 amide bonds. The Morgan fingerprint density at radius 3 is 2.55 bits per heavy atom. The second-order valence-electron chi connectivity index (χ2n) is 4.44. The maximum atomic E-state index is 12.5. The Labute approximate surface area is 131 Å². The van der Waals surface area contributed by atoms with Crippen molar-refractivity contribution in [2.75, 3.05) is 0 Å². The van der Waals surface area contributed by atoms with Gasteiger partial charge in [-0.3, -0.25) is 0 Å². The number of hydrogen-bond acceptors (Lipinski definition) is 4. The van der Waals surface area contributed by atoms with E-state index in [2.05, 4.69) is 4.98 Å². The van der Waals surface area contributed by atoms with E-state index in [1.807, 2.05) is 0 Å². The second kappa shape index (κ2) is 7.09. The number of benzene rings is 1. The highest BCUT2D eigenvalue weighted by Crippen LogP contribution is 2.29. The molecule has 0 fully saturated rings. The van der Waals surface area contributed by atoms with E-state index in [-0.39, 0.29) is 10.9 Å². The summed E-state index contributed by atoms with van der Waals surface area (Å²) in [4.78, 5) is 14.6. The molecule has 1 atom stereocenters. The van der Waals surface area contributed by atoms with E-state index in [0.717, 1.165) is 0 Å². The van der Waals surface area contributed by atoms with Crippen LogP contribution in [0, 0.1) is 0 Å². The standard InChI is InChI=1S/C15H13ClFNO4/c1-9(15(19)20)21-11-2-4-12(5-3-11)22-14-13(16)6-10(7-17)8-18-14/h2-6,8-9H,7H2,1H3,(H,19,20). The van der Waals surface area contributed by atoms with Crippen molar-refractivity contribution in [2.45, 2.75) is 19.7 Å². The lowest BCUT2D eigenvalue weighted by atomic mass is 10.3. The summed E-state index contributed by atoms with van der Waals surface area (Å²) in [5.41, 5.74) is 0.365. The first-order chi connectivity index (χ1) is 10.5. The Hall–Kier alpha value is -2.34. The maximum absolute atomic E-state index is 12.5. The molecular weight excluding hydrogens is 313 g/mol. The van der Waals surface area contributed by atoms with Gasteiger partial charge in [0.05, 0.1) is 0 Å². The van der Waals surface area contributed by atoms with E-state index in [1.54, 1.807) is 24.3 Å². The molecule has 22 heavy (non-hydrogen) atoms. The number of aliphatic carboxylic acids is 1. The van der Waals surface area contributed by atoms with Crippen LogP contribution in [0.1, 0.15) is 12.5 Å². The van der Waals surface area contributed by atoms with Crippen LogP contribution in [-0.2, 0) is 11.5 Å². The average Bonchev–Trinajstić information content (AvgIpc) is 2.51. The fraction of sp³-hybridized carbons (Fsp3) is 0.200. The number of carbonyl (C=O) groups is 1. The minimum absolute atomic E-state index is 0.159. The Morgan fingerprint density at radius 1 is 1.36 bits per heavy atom. The largest absolute Gasteiger partial charge is 0.479 e. The van der Waals surface area contributed by atoms with Gasteiger partial charge in [-0.15, -0.1) is 0 Å². The first kappa shape index (κ1) is 16.0. The van der Waals surface area contributed by atoms with Crippen molar-refractivity contribution in [1.82, 2.24) is 4.98 Å². The zero-order valence-electron chi connectivity index (χ0n) is 11.6. The Bertz CT molecular complexity index is 663. The van der Waals surface area contributed by atoms with Crippen molar-refractivity contribution in [3.63, 3.8) is 0 Å². The molecule has 0 aliphatic heterocycles. The quantitative estimate of drug-likeness (QED) is 0.873. The van der Waals surface area contributed by atoms with Gasteiger partial charge < -0.3 is 14.6 Å². The van der Waals surface area contributed by atoms with Crippen molar-refractivity contribution >= 4 is 17.6 Å². The number of alkyl halides is 1. The van der Waals surface area contributed by atoms with Crippen molar-refractivity contribution in [2.24, 2.45) is 0 Å². The number of pyridine rings is 1. The van der Waals surface area contributed by atoms with Crippen molar-refractivity contribution in [3.05, 3.63) is 47.1 Å². The van der Waals surface area contributed by atoms with Crippen LogP contribution in [0.5, 0.6) is 17.4 Å². The molecule has 0 radical (unpaired) electrons. The monoisotopic (exact) mass is 325 g/mol. The lowest BCUT2D eigenvalue weighted by molar-refractivity contribution is -0.144. The third kappa shape index (κ3) is 4.08. The van der Waals surface area contributed by atoms with Crippen LogP contribution in [-0.4, -0.2) is 22.2 Å². The molecule has 1 N–H and O–H groups in total. The summed E-state index contributed by atoms with van der Waals surface area (Å²) >= 11 is 5.95. The van der Waals surface area contributed by atoms with E-state index in [9.17, 15) is 9.18 Å². The predicted molar refractivity (Wildman–Crippen MR) is 78.3 cm³/mol. The molecular formula is C15H13ClFNO4. The summed E-state index contributed by atoms with van der Waals surface area (Å²) in [6.07, 6.45) is 0.392.